The number of nitrogens with zero attached hydrogens (tertiary/aromatic N) is 1. The molecule has 0 saturated heterocycles. The van der Waals surface area contributed by atoms with E-state index in [1.807, 2.05) is 61.5 Å². The van der Waals surface area contributed by atoms with E-state index in [4.69, 9.17) is 16.3 Å². The first-order valence-corrected chi connectivity index (χ1v) is 10.7. The molecule has 5 rings (SSSR count). The number of amides is 1. The Hall–Kier alpha value is -3.37. The van der Waals surface area contributed by atoms with Crippen molar-refractivity contribution in [2.75, 3.05) is 11.4 Å². The van der Waals surface area contributed by atoms with E-state index in [1.165, 1.54) is 0 Å². The predicted octanol–water partition coefficient (Wildman–Crippen LogP) is 5.62. The Morgan fingerprint density at radius 2 is 1.68 bits per heavy atom. The molecule has 2 aliphatic heterocycles. The molecule has 0 fully saturated rings. The van der Waals surface area contributed by atoms with Gasteiger partial charge >= 0.3 is 0 Å². The maximum absolute atomic E-state index is 13.8. The molecule has 0 N–H and O–H groups in total. The Kier molecular flexibility index (Phi) is 4.67. The second-order valence-corrected chi connectivity index (χ2v) is 8.10. The lowest BCUT2D eigenvalue weighted by molar-refractivity contribution is -0.135. The zero-order valence-electron chi connectivity index (χ0n) is 17.0. The van der Waals surface area contributed by atoms with E-state index in [-0.39, 0.29) is 11.7 Å². The summed E-state index contributed by atoms with van der Waals surface area (Å²) in [4.78, 5) is 29.2. The van der Waals surface area contributed by atoms with E-state index >= 15 is 0 Å². The van der Waals surface area contributed by atoms with Crippen LogP contribution in [0.5, 0.6) is 0 Å². The zero-order chi connectivity index (χ0) is 21.6. The Labute approximate surface area is 185 Å². The smallest absolute Gasteiger partial charge is 0.281 e. The van der Waals surface area contributed by atoms with E-state index in [1.54, 1.807) is 29.2 Å². The van der Waals surface area contributed by atoms with Crippen molar-refractivity contribution < 1.29 is 14.3 Å². The molecule has 2 aliphatic rings. The second kappa shape index (κ2) is 7.40. The van der Waals surface area contributed by atoms with Gasteiger partial charge < -0.3 is 9.64 Å². The van der Waals surface area contributed by atoms with Crippen LogP contribution in [0.4, 0.5) is 5.69 Å². The fourth-order valence-corrected chi connectivity index (χ4v) is 4.56. The fraction of sp³-hybridized carbons (Fsp3) is 0.154. The number of carbonyl (C=O) groups is 2. The molecule has 2 heterocycles. The van der Waals surface area contributed by atoms with Crippen molar-refractivity contribution in [3.05, 3.63) is 106 Å². The summed E-state index contributed by atoms with van der Waals surface area (Å²) in [5.74, 6) is -0.0269. The number of ether oxygens (including phenoxy) is 1. The second-order valence-electron chi connectivity index (χ2n) is 7.67. The van der Waals surface area contributed by atoms with E-state index in [0.717, 1.165) is 17.7 Å². The monoisotopic (exact) mass is 429 g/mol. The van der Waals surface area contributed by atoms with Crippen LogP contribution >= 0.6 is 11.6 Å². The van der Waals surface area contributed by atoms with Crippen LogP contribution in [0.2, 0.25) is 5.02 Å². The summed E-state index contributed by atoms with van der Waals surface area (Å²) in [5, 5.41) is 0.493. The average Bonchev–Trinajstić information content (AvgIpc) is 3.02. The molecule has 1 atom stereocenters. The standard InChI is InChI=1S/C26H20ClNO3/c1-2-15-28-21-14-13-19(27)16-20(21)26(25(28)30)22(23(29)17-9-5-3-6-10-17)24(31-26)18-11-7-4-8-12-18/h3-14,16H,2,15H2,1H3/t26-/m1/s1. The van der Waals surface area contributed by atoms with Crippen LogP contribution < -0.4 is 4.90 Å². The molecule has 0 unspecified atom stereocenters. The topological polar surface area (TPSA) is 46.6 Å². The van der Waals surface area contributed by atoms with Crippen LogP contribution in [-0.2, 0) is 15.1 Å². The Bertz CT molecular complexity index is 1220. The number of rotatable bonds is 5. The first-order valence-electron chi connectivity index (χ1n) is 10.3. The largest absolute Gasteiger partial charge is 0.466 e. The summed E-state index contributed by atoms with van der Waals surface area (Å²) in [6.45, 7) is 2.54. The predicted molar refractivity (Wildman–Crippen MR) is 121 cm³/mol. The van der Waals surface area contributed by atoms with Gasteiger partial charge in [-0.1, -0.05) is 79.2 Å². The van der Waals surface area contributed by atoms with Crippen LogP contribution in [0.15, 0.2) is 84.4 Å². The number of halogens is 1. The maximum Gasteiger partial charge on any atom is 0.281 e. The number of carbonyl (C=O) groups excluding carboxylic acids is 2. The zero-order valence-corrected chi connectivity index (χ0v) is 17.7. The summed E-state index contributed by atoms with van der Waals surface area (Å²) < 4.78 is 6.31. The number of hydrogen-bond acceptors (Lipinski definition) is 3. The molecule has 0 aliphatic carbocycles. The average molecular weight is 430 g/mol. The molecule has 4 nitrogen and oxygen atoms in total. The first kappa shape index (κ1) is 19.6. The number of hydrogen-bond donors (Lipinski definition) is 0. The molecule has 154 valence electrons. The highest BCUT2D eigenvalue weighted by Gasteiger charge is 2.64. The van der Waals surface area contributed by atoms with E-state index in [0.29, 0.717) is 34.0 Å². The highest BCUT2D eigenvalue weighted by molar-refractivity contribution is 6.31. The van der Waals surface area contributed by atoms with Gasteiger partial charge in [0, 0.05) is 28.3 Å². The lowest BCUT2D eigenvalue weighted by Gasteiger charge is -2.42. The summed E-state index contributed by atoms with van der Waals surface area (Å²) in [5.41, 5.74) is 1.51. The Morgan fingerprint density at radius 3 is 2.35 bits per heavy atom. The highest BCUT2D eigenvalue weighted by Crippen LogP contribution is 2.58. The lowest BCUT2D eigenvalue weighted by Crippen LogP contribution is -2.51. The van der Waals surface area contributed by atoms with E-state index in [9.17, 15) is 9.59 Å². The molecule has 0 bridgehead atoms. The van der Waals surface area contributed by atoms with Gasteiger partial charge in [0.15, 0.2) is 5.78 Å². The molecule has 1 amide bonds. The van der Waals surface area contributed by atoms with Gasteiger partial charge in [-0.2, -0.15) is 0 Å². The van der Waals surface area contributed by atoms with Crippen molar-refractivity contribution in [1.29, 1.82) is 0 Å². The third-order valence-corrected chi connectivity index (χ3v) is 5.99. The molecular formula is C26H20ClNO3. The van der Waals surface area contributed by atoms with Crippen LogP contribution in [0, 0.1) is 0 Å². The molecular weight excluding hydrogens is 410 g/mol. The number of anilines is 1. The molecule has 3 aromatic rings. The van der Waals surface area contributed by atoms with Crippen LogP contribution in [0.3, 0.4) is 0 Å². The summed E-state index contributed by atoms with van der Waals surface area (Å²) in [6, 6.07) is 23.7. The van der Waals surface area contributed by atoms with Gasteiger partial charge in [-0.15, -0.1) is 0 Å². The summed E-state index contributed by atoms with van der Waals surface area (Å²) >= 11 is 6.32. The van der Waals surface area contributed by atoms with Gasteiger partial charge in [0.1, 0.15) is 11.3 Å². The molecule has 0 aromatic heterocycles. The SMILES string of the molecule is CCCN1C(=O)[C@@]2(OC(c3ccccc3)=C2C(=O)c2ccccc2)c2cc(Cl)ccc21. The van der Waals surface area contributed by atoms with Crippen molar-refractivity contribution in [1.82, 2.24) is 0 Å². The molecule has 5 heteroatoms. The minimum atomic E-state index is -1.48. The van der Waals surface area contributed by atoms with E-state index < -0.39 is 5.60 Å². The summed E-state index contributed by atoms with van der Waals surface area (Å²) in [7, 11) is 0. The first-order chi connectivity index (χ1) is 15.1. The van der Waals surface area contributed by atoms with Gasteiger partial charge in [0.25, 0.3) is 5.91 Å². The van der Waals surface area contributed by atoms with Crippen molar-refractivity contribution in [2.24, 2.45) is 0 Å². The Balaban J connectivity index is 1.76. The number of Topliss-reactive ketones (excluding diaryl/α,β-unsaturated/α-hetero) is 1. The van der Waals surface area contributed by atoms with Crippen LogP contribution in [0.25, 0.3) is 5.76 Å². The maximum atomic E-state index is 13.8. The van der Waals surface area contributed by atoms with Crippen molar-refractivity contribution >= 4 is 34.7 Å². The normalized spacial score (nSPS) is 19.3. The van der Waals surface area contributed by atoms with E-state index in [2.05, 4.69) is 0 Å². The van der Waals surface area contributed by atoms with Gasteiger partial charge in [-0.25, -0.2) is 0 Å². The highest BCUT2D eigenvalue weighted by atomic mass is 35.5. The number of fused-ring (bicyclic) bond motifs is 2. The third kappa shape index (κ3) is 2.82. The van der Waals surface area contributed by atoms with Crippen molar-refractivity contribution in [3.63, 3.8) is 0 Å². The number of ketones is 1. The number of benzene rings is 3. The van der Waals surface area contributed by atoms with Gasteiger partial charge in [0.2, 0.25) is 5.60 Å². The minimum Gasteiger partial charge on any atom is -0.466 e. The van der Waals surface area contributed by atoms with Gasteiger partial charge in [0.05, 0.1) is 5.69 Å². The lowest BCUT2D eigenvalue weighted by atomic mass is 9.76. The summed E-state index contributed by atoms with van der Waals surface area (Å²) in [6.07, 6.45) is 0.779. The fourth-order valence-electron chi connectivity index (χ4n) is 4.38. The molecule has 31 heavy (non-hydrogen) atoms. The van der Waals surface area contributed by atoms with Crippen LogP contribution in [0.1, 0.15) is 34.8 Å². The minimum absolute atomic E-state index is 0.219. The van der Waals surface area contributed by atoms with Gasteiger partial charge in [-0.05, 0) is 24.6 Å². The Morgan fingerprint density at radius 1 is 1.00 bits per heavy atom. The molecule has 0 saturated carbocycles. The quantitative estimate of drug-likeness (QED) is 0.495. The van der Waals surface area contributed by atoms with Crippen molar-refractivity contribution in [2.45, 2.75) is 18.9 Å². The third-order valence-electron chi connectivity index (χ3n) is 5.76. The van der Waals surface area contributed by atoms with Crippen molar-refractivity contribution in [3.8, 4) is 0 Å². The molecule has 1 spiro atoms. The molecule has 0 radical (unpaired) electrons. The molecule has 3 aromatic carbocycles. The van der Waals surface area contributed by atoms with Gasteiger partial charge in [-0.3, -0.25) is 9.59 Å². The van der Waals surface area contributed by atoms with Crippen LogP contribution in [-0.4, -0.2) is 18.2 Å².